The number of hydrogen-bond donors (Lipinski definition) is 1. The number of sulfonamides is 1. The first-order chi connectivity index (χ1) is 7.56. The first-order valence-corrected chi connectivity index (χ1v) is 8.80. The summed E-state index contributed by atoms with van der Waals surface area (Å²) in [5, 5.41) is 0.787. The highest BCUT2D eigenvalue weighted by Crippen LogP contribution is 2.23. The second-order valence-corrected chi connectivity index (χ2v) is 7.44. The predicted octanol–water partition coefficient (Wildman–Crippen LogP) is 2.80. The summed E-state index contributed by atoms with van der Waals surface area (Å²) in [6, 6.07) is 0.0597. The Labute approximate surface area is 108 Å². The lowest BCUT2D eigenvalue weighted by molar-refractivity contribution is 0.468. The third kappa shape index (κ3) is 4.72. The van der Waals surface area contributed by atoms with Gasteiger partial charge >= 0.3 is 0 Å². The Morgan fingerprint density at radius 1 is 1.31 bits per heavy atom. The Bertz CT molecular complexity index is 286. The quantitative estimate of drug-likeness (QED) is 0.767. The first-order valence-electron chi connectivity index (χ1n) is 6.13. The molecule has 1 saturated carbocycles. The smallest absolute Gasteiger partial charge is 0.212 e. The van der Waals surface area contributed by atoms with Crippen LogP contribution in [0.25, 0.3) is 0 Å². The van der Waals surface area contributed by atoms with E-state index >= 15 is 0 Å². The van der Waals surface area contributed by atoms with Gasteiger partial charge in [0.15, 0.2) is 0 Å². The van der Waals surface area contributed by atoms with Crippen LogP contribution >= 0.6 is 15.9 Å². The van der Waals surface area contributed by atoms with Gasteiger partial charge in [0.2, 0.25) is 10.0 Å². The largest absolute Gasteiger partial charge is 0.214 e. The number of nitrogens with one attached hydrogen (secondary N) is 1. The number of alkyl halides is 1. The third-order valence-electron chi connectivity index (χ3n) is 3.13. The minimum Gasteiger partial charge on any atom is -0.212 e. The Hall–Kier alpha value is 0.390. The molecule has 1 fully saturated rings. The molecule has 1 aliphatic carbocycles. The van der Waals surface area contributed by atoms with E-state index in [9.17, 15) is 8.42 Å². The van der Waals surface area contributed by atoms with Gasteiger partial charge in [-0.2, -0.15) is 0 Å². The van der Waals surface area contributed by atoms with Crippen molar-refractivity contribution in [3.8, 4) is 0 Å². The van der Waals surface area contributed by atoms with Crippen LogP contribution < -0.4 is 4.72 Å². The molecule has 1 atom stereocenters. The van der Waals surface area contributed by atoms with Crippen LogP contribution in [0.5, 0.6) is 0 Å². The lowest BCUT2D eigenvalue weighted by Crippen LogP contribution is -2.40. The van der Waals surface area contributed by atoms with E-state index in [4.69, 9.17) is 0 Å². The van der Waals surface area contributed by atoms with E-state index in [1.807, 2.05) is 6.92 Å². The maximum atomic E-state index is 12.0. The zero-order valence-electron chi connectivity index (χ0n) is 9.91. The molecule has 0 bridgehead atoms. The minimum absolute atomic E-state index is 0.0597. The van der Waals surface area contributed by atoms with Crippen LogP contribution in [0.3, 0.4) is 0 Å². The average molecular weight is 312 g/mol. The van der Waals surface area contributed by atoms with Crippen molar-refractivity contribution >= 4 is 26.0 Å². The van der Waals surface area contributed by atoms with Crippen molar-refractivity contribution in [2.45, 2.75) is 63.2 Å². The monoisotopic (exact) mass is 311 g/mol. The summed E-state index contributed by atoms with van der Waals surface area (Å²) in [5.74, 6) is 0. The Morgan fingerprint density at radius 2 is 1.94 bits per heavy atom. The van der Waals surface area contributed by atoms with Crippen molar-refractivity contribution in [1.82, 2.24) is 4.72 Å². The molecule has 1 aliphatic rings. The SMILES string of the molecule is CC(CCCBr)NS(=O)(=O)C1CCCCC1. The van der Waals surface area contributed by atoms with E-state index < -0.39 is 10.0 Å². The van der Waals surface area contributed by atoms with E-state index in [1.165, 1.54) is 6.42 Å². The molecule has 0 aromatic carbocycles. The predicted molar refractivity (Wildman–Crippen MR) is 71.4 cm³/mol. The van der Waals surface area contributed by atoms with E-state index in [0.29, 0.717) is 0 Å². The highest BCUT2D eigenvalue weighted by atomic mass is 79.9. The molecule has 0 spiro atoms. The maximum absolute atomic E-state index is 12.0. The maximum Gasteiger partial charge on any atom is 0.214 e. The first kappa shape index (κ1) is 14.5. The van der Waals surface area contributed by atoms with Crippen LogP contribution in [-0.4, -0.2) is 25.0 Å². The molecule has 1 unspecified atom stereocenters. The van der Waals surface area contributed by atoms with E-state index in [0.717, 1.165) is 43.9 Å². The van der Waals surface area contributed by atoms with Crippen molar-refractivity contribution in [3.63, 3.8) is 0 Å². The Kier molecular flexibility index (Phi) is 6.29. The van der Waals surface area contributed by atoms with E-state index in [2.05, 4.69) is 20.7 Å². The van der Waals surface area contributed by atoms with Gasteiger partial charge in [-0.3, -0.25) is 0 Å². The molecule has 0 aromatic rings. The Balaban J connectivity index is 2.43. The fraction of sp³-hybridized carbons (Fsp3) is 1.00. The fourth-order valence-electron chi connectivity index (χ4n) is 2.19. The number of rotatable bonds is 6. The van der Waals surface area contributed by atoms with Gasteiger partial charge in [0, 0.05) is 11.4 Å². The average Bonchev–Trinajstić information content (AvgIpc) is 2.27. The molecule has 0 radical (unpaired) electrons. The van der Waals surface area contributed by atoms with Crippen LogP contribution in [0.15, 0.2) is 0 Å². The summed E-state index contributed by atoms with van der Waals surface area (Å²) in [6.45, 7) is 1.95. The van der Waals surface area contributed by atoms with Gasteiger partial charge in [0.05, 0.1) is 5.25 Å². The third-order valence-corrected chi connectivity index (χ3v) is 5.77. The summed E-state index contributed by atoms with van der Waals surface area (Å²) in [5.41, 5.74) is 0. The summed E-state index contributed by atoms with van der Waals surface area (Å²) in [7, 11) is -3.08. The minimum atomic E-state index is -3.08. The highest BCUT2D eigenvalue weighted by Gasteiger charge is 2.27. The molecule has 0 amide bonds. The molecule has 0 aromatic heterocycles. The Morgan fingerprint density at radius 3 is 2.50 bits per heavy atom. The molecular weight excluding hydrogens is 290 g/mol. The van der Waals surface area contributed by atoms with Crippen molar-refractivity contribution in [2.75, 3.05) is 5.33 Å². The van der Waals surface area contributed by atoms with E-state index in [1.54, 1.807) is 0 Å². The second kappa shape index (κ2) is 6.97. The van der Waals surface area contributed by atoms with Crippen LogP contribution in [0.1, 0.15) is 51.9 Å². The molecule has 0 aliphatic heterocycles. The summed E-state index contributed by atoms with van der Waals surface area (Å²) in [4.78, 5) is 0. The zero-order chi connectivity index (χ0) is 12.0. The lowest BCUT2D eigenvalue weighted by atomic mass is 10.0. The second-order valence-electron chi connectivity index (χ2n) is 4.66. The van der Waals surface area contributed by atoms with Gasteiger partial charge < -0.3 is 0 Å². The van der Waals surface area contributed by atoms with Gasteiger partial charge in [-0.15, -0.1) is 0 Å². The molecule has 1 rings (SSSR count). The number of hydrogen-bond acceptors (Lipinski definition) is 2. The summed E-state index contributed by atoms with van der Waals surface area (Å²) >= 11 is 3.36. The molecule has 0 heterocycles. The van der Waals surface area contributed by atoms with Gasteiger partial charge in [-0.1, -0.05) is 35.2 Å². The van der Waals surface area contributed by atoms with Gasteiger partial charge in [0.25, 0.3) is 0 Å². The molecule has 1 N–H and O–H groups in total. The van der Waals surface area contributed by atoms with Crippen molar-refractivity contribution in [2.24, 2.45) is 0 Å². The van der Waals surface area contributed by atoms with Crippen LogP contribution in [0.4, 0.5) is 0 Å². The van der Waals surface area contributed by atoms with Crippen molar-refractivity contribution in [3.05, 3.63) is 0 Å². The molecular formula is C11H22BrNO2S. The summed E-state index contributed by atoms with van der Waals surface area (Å²) in [6.07, 6.45) is 6.88. The van der Waals surface area contributed by atoms with Crippen LogP contribution in [0.2, 0.25) is 0 Å². The van der Waals surface area contributed by atoms with Crippen LogP contribution in [-0.2, 0) is 10.0 Å². The van der Waals surface area contributed by atoms with E-state index in [-0.39, 0.29) is 11.3 Å². The van der Waals surface area contributed by atoms with Crippen molar-refractivity contribution in [1.29, 1.82) is 0 Å². The molecule has 0 saturated heterocycles. The fourth-order valence-corrected chi connectivity index (χ4v) is 4.34. The standard InChI is InChI=1S/C11H22BrNO2S/c1-10(6-5-9-12)13-16(14,15)11-7-3-2-4-8-11/h10-11,13H,2-9H2,1H3. The highest BCUT2D eigenvalue weighted by molar-refractivity contribution is 9.09. The van der Waals surface area contributed by atoms with Gasteiger partial charge in [-0.05, 0) is 32.6 Å². The molecule has 96 valence electrons. The van der Waals surface area contributed by atoms with Gasteiger partial charge in [-0.25, -0.2) is 13.1 Å². The molecule has 3 nitrogen and oxygen atoms in total. The van der Waals surface area contributed by atoms with Crippen molar-refractivity contribution < 1.29 is 8.42 Å². The lowest BCUT2D eigenvalue weighted by Gasteiger charge is -2.24. The molecule has 5 heteroatoms. The topological polar surface area (TPSA) is 46.2 Å². The van der Waals surface area contributed by atoms with Crippen LogP contribution in [0, 0.1) is 0 Å². The summed E-state index contributed by atoms with van der Waals surface area (Å²) < 4.78 is 26.9. The van der Waals surface area contributed by atoms with Gasteiger partial charge in [0.1, 0.15) is 0 Å². The normalized spacial score (nSPS) is 20.9. The zero-order valence-corrected chi connectivity index (χ0v) is 12.3. The number of halogens is 1. The molecule has 16 heavy (non-hydrogen) atoms.